The third-order valence-corrected chi connectivity index (χ3v) is 7.47. The smallest absolute Gasteiger partial charge is 0.0701 e. The van der Waals surface area contributed by atoms with E-state index in [0.29, 0.717) is 85.2 Å². The van der Waals surface area contributed by atoms with Gasteiger partial charge in [0.1, 0.15) is 0 Å². The Bertz CT molecular complexity index is 467. The van der Waals surface area contributed by atoms with Gasteiger partial charge in [0.15, 0.2) is 0 Å². The van der Waals surface area contributed by atoms with Gasteiger partial charge in [0.05, 0.1) is 79.3 Å². The van der Waals surface area contributed by atoms with Crippen LogP contribution in [0.1, 0.15) is 130 Å². The third kappa shape index (κ3) is 37.7. The molecule has 0 saturated carbocycles. The minimum absolute atomic E-state index is 0.564. The van der Waals surface area contributed by atoms with E-state index in [9.17, 15) is 0 Å². The molecule has 7 nitrogen and oxygen atoms in total. The molecule has 0 saturated heterocycles. The van der Waals surface area contributed by atoms with Gasteiger partial charge in [0.2, 0.25) is 0 Å². The first-order valence-corrected chi connectivity index (χ1v) is 17.8. The molecule has 1 unspecified atom stereocenters. The maximum atomic E-state index is 5.68. The molecule has 7 heteroatoms. The molecule has 0 aliphatic rings. The van der Waals surface area contributed by atoms with Crippen LogP contribution in [0.25, 0.3) is 0 Å². The molecule has 1 atom stereocenters. The number of hydrogen-bond acceptors (Lipinski definition) is 7. The van der Waals surface area contributed by atoms with E-state index in [0.717, 1.165) is 26.1 Å². The molecule has 0 amide bonds. The molecule has 0 fully saturated rings. The van der Waals surface area contributed by atoms with Crippen LogP contribution in [-0.4, -0.2) is 92.5 Å². The van der Waals surface area contributed by atoms with E-state index in [4.69, 9.17) is 33.2 Å². The van der Waals surface area contributed by atoms with Crippen LogP contribution in [0.2, 0.25) is 0 Å². The normalized spacial score (nSPS) is 12.4. The molecule has 0 rings (SSSR count). The summed E-state index contributed by atoms with van der Waals surface area (Å²) in [5.41, 5.74) is 0. The highest BCUT2D eigenvalue weighted by Gasteiger charge is 1.99. The van der Waals surface area contributed by atoms with Crippen molar-refractivity contribution in [2.45, 2.75) is 130 Å². The van der Waals surface area contributed by atoms with Crippen LogP contribution in [-0.2, 0) is 33.2 Å². The van der Waals surface area contributed by atoms with Crippen LogP contribution in [0.5, 0.6) is 0 Å². The number of rotatable bonds is 38. The molecule has 0 aromatic rings. The van der Waals surface area contributed by atoms with Gasteiger partial charge in [-0.3, -0.25) is 0 Å². The first kappa shape index (κ1) is 41.7. The van der Waals surface area contributed by atoms with E-state index in [2.05, 4.69) is 20.8 Å². The largest absolute Gasteiger partial charge is 0.379 e. The molecule has 0 heterocycles. The summed E-state index contributed by atoms with van der Waals surface area (Å²) >= 11 is 0. The SMILES string of the molecule is CCCCCCCCCCCCCCCCCCOCCOCCOCCOCCOCCOCCOCC(C)CC. The Morgan fingerprint density at radius 2 is 0.571 bits per heavy atom. The second-order valence-corrected chi connectivity index (χ2v) is 11.6. The second kappa shape index (κ2) is 38.7. The summed E-state index contributed by atoms with van der Waals surface area (Å²) in [6.45, 7) is 15.5. The van der Waals surface area contributed by atoms with E-state index in [1.54, 1.807) is 0 Å². The van der Waals surface area contributed by atoms with E-state index in [1.165, 1.54) is 96.3 Å². The highest BCUT2D eigenvalue weighted by atomic mass is 16.6. The highest BCUT2D eigenvalue weighted by Crippen LogP contribution is 2.13. The fraction of sp³-hybridized carbons (Fsp3) is 1.00. The van der Waals surface area contributed by atoms with Crippen LogP contribution in [0.4, 0.5) is 0 Å². The topological polar surface area (TPSA) is 64.6 Å². The Balaban J connectivity index is 3.04. The van der Waals surface area contributed by atoms with Gasteiger partial charge in [-0.1, -0.05) is 124 Å². The highest BCUT2D eigenvalue weighted by molar-refractivity contribution is 4.50. The minimum Gasteiger partial charge on any atom is -0.379 e. The first-order valence-electron chi connectivity index (χ1n) is 17.8. The molecule has 0 N–H and O–H groups in total. The average molecular weight is 605 g/mol. The van der Waals surface area contributed by atoms with Crippen molar-refractivity contribution in [3.05, 3.63) is 0 Å². The van der Waals surface area contributed by atoms with Gasteiger partial charge in [0.25, 0.3) is 0 Å². The van der Waals surface area contributed by atoms with Crippen molar-refractivity contribution in [3.63, 3.8) is 0 Å². The zero-order valence-electron chi connectivity index (χ0n) is 28.4. The summed E-state index contributed by atoms with van der Waals surface area (Å²) in [4.78, 5) is 0. The summed E-state index contributed by atoms with van der Waals surface area (Å²) in [5.74, 6) is 0.611. The maximum Gasteiger partial charge on any atom is 0.0701 e. The van der Waals surface area contributed by atoms with Gasteiger partial charge in [0, 0.05) is 13.2 Å². The van der Waals surface area contributed by atoms with E-state index in [1.807, 2.05) is 0 Å². The molecular weight excluding hydrogens is 532 g/mol. The molecule has 0 spiro atoms. The van der Waals surface area contributed by atoms with E-state index in [-0.39, 0.29) is 0 Å². The fourth-order valence-corrected chi connectivity index (χ4v) is 4.47. The van der Waals surface area contributed by atoms with E-state index >= 15 is 0 Å². The van der Waals surface area contributed by atoms with Crippen LogP contribution < -0.4 is 0 Å². The van der Waals surface area contributed by atoms with Gasteiger partial charge in [-0.2, -0.15) is 0 Å². The van der Waals surface area contributed by atoms with Crippen LogP contribution in [0.15, 0.2) is 0 Å². The lowest BCUT2D eigenvalue weighted by Gasteiger charge is -2.10. The Morgan fingerprint density at radius 1 is 0.310 bits per heavy atom. The summed E-state index contributed by atoms with van der Waals surface area (Å²) < 4.78 is 38.8. The summed E-state index contributed by atoms with van der Waals surface area (Å²) in [5, 5.41) is 0. The first-order chi connectivity index (χ1) is 20.8. The Kier molecular flexibility index (Phi) is 38.5. The molecule has 0 aromatic heterocycles. The molecule has 0 aliphatic heterocycles. The van der Waals surface area contributed by atoms with Gasteiger partial charge in [-0.15, -0.1) is 0 Å². The average Bonchev–Trinajstić information content (AvgIpc) is 3.00. The standard InChI is InChI=1S/C35H72O7/c1-4-6-7-8-9-10-11-12-13-14-15-16-17-18-19-20-21-36-22-23-37-24-25-38-26-27-39-28-29-40-30-31-41-32-33-42-34-35(3)5-2/h35H,4-34H2,1-3H3. The number of ether oxygens (including phenoxy) is 7. The minimum atomic E-state index is 0.564. The van der Waals surface area contributed by atoms with Crippen molar-refractivity contribution in [1.82, 2.24) is 0 Å². The zero-order valence-corrected chi connectivity index (χ0v) is 28.4. The summed E-state index contributed by atoms with van der Waals surface area (Å²) in [7, 11) is 0. The van der Waals surface area contributed by atoms with Gasteiger partial charge in [-0.05, 0) is 12.3 Å². The Labute approximate surface area is 261 Å². The Morgan fingerprint density at radius 3 is 0.881 bits per heavy atom. The second-order valence-electron chi connectivity index (χ2n) is 11.6. The monoisotopic (exact) mass is 605 g/mol. The van der Waals surface area contributed by atoms with Crippen molar-refractivity contribution in [2.24, 2.45) is 5.92 Å². The quantitative estimate of drug-likeness (QED) is 0.0656. The number of hydrogen-bond donors (Lipinski definition) is 0. The lowest BCUT2D eigenvalue weighted by Crippen LogP contribution is -2.15. The van der Waals surface area contributed by atoms with Gasteiger partial charge >= 0.3 is 0 Å². The lowest BCUT2D eigenvalue weighted by atomic mass is 10.0. The van der Waals surface area contributed by atoms with Crippen molar-refractivity contribution in [3.8, 4) is 0 Å². The maximum absolute atomic E-state index is 5.68. The molecule has 0 bridgehead atoms. The van der Waals surface area contributed by atoms with Crippen molar-refractivity contribution in [2.75, 3.05) is 92.5 Å². The fourth-order valence-electron chi connectivity index (χ4n) is 4.47. The van der Waals surface area contributed by atoms with E-state index < -0.39 is 0 Å². The molecular formula is C35H72O7. The van der Waals surface area contributed by atoms with Crippen LogP contribution in [0.3, 0.4) is 0 Å². The molecule has 0 aliphatic carbocycles. The Hall–Kier alpha value is -0.280. The lowest BCUT2D eigenvalue weighted by molar-refractivity contribution is -0.0215. The van der Waals surface area contributed by atoms with Crippen LogP contribution >= 0.6 is 0 Å². The predicted molar refractivity (Wildman–Crippen MR) is 175 cm³/mol. The van der Waals surface area contributed by atoms with Crippen molar-refractivity contribution in [1.29, 1.82) is 0 Å². The number of unbranched alkanes of at least 4 members (excludes halogenated alkanes) is 15. The van der Waals surface area contributed by atoms with Crippen LogP contribution in [0, 0.1) is 5.92 Å². The van der Waals surface area contributed by atoms with Gasteiger partial charge < -0.3 is 33.2 Å². The van der Waals surface area contributed by atoms with Crippen molar-refractivity contribution >= 4 is 0 Å². The zero-order chi connectivity index (χ0) is 30.4. The predicted octanol–water partition coefficient (Wildman–Crippen LogP) is 8.41. The molecule has 0 radical (unpaired) electrons. The molecule has 42 heavy (non-hydrogen) atoms. The third-order valence-electron chi connectivity index (χ3n) is 7.47. The summed E-state index contributed by atoms with van der Waals surface area (Å²) in [6, 6.07) is 0. The van der Waals surface area contributed by atoms with Gasteiger partial charge in [-0.25, -0.2) is 0 Å². The summed E-state index contributed by atoms with van der Waals surface area (Å²) in [6.07, 6.45) is 23.5. The molecule has 0 aromatic carbocycles. The molecule has 254 valence electrons. The van der Waals surface area contributed by atoms with Crippen molar-refractivity contribution < 1.29 is 33.2 Å².